The third kappa shape index (κ3) is 3.90. The summed E-state index contributed by atoms with van der Waals surface area (Å²) in [6.07, 6.45) is 0. The predicted octanol–water partition coefficient (Wildman–Crippen LogP) is 5.62. The first-order chi connectivity index (χ1) is 17.8. The van der Waals surface area contributed by atoms with Crippen molar-refractivity contribution < 1.29 is 9.85 Å². The molecular weight excluding hydrogens is 518 g/mol. The van der Waals surface area contributed by atoms with E-state index in [-0.39, 0.29) is 16.6 Å². The van der Waals surface area contributed by atoms with E-state index in [1.807, 2.05) is 43.3 Å². The summed E-state index contributed by atoms with van der Waals surface area (Å²) in [5.74, 6) is 1.12. The van der Waals surface area contributed by atoms with Gasteiger partial charge in [0.1, 0.15) is 10.9 Å². The Kier molecular flexibility index (Phi) is 5.42. The van der Waals surface area contributed by atoms with Crippen molar-refractivity contribution in [3.8, 4) is 11.4 Å². The zero-order chi connectivity index (χ0) is 25.8. The molecule has 0 saturated carbocycles. The van der Waals surface area contributed by atoms with E-state index in [4.69, 9.17) is 21.7 Å². The third-order valence-electron chi connectivity index (χ3n) is 6.18. The maximum absolute atomic E-state index is 11.9. The van der Waals surface area contributed by atoms with Gasteiger partial charge in [0.15, 0.2) is 16.8 Å². The monoisotopic (exact) mass is 533 g/mol. The van der Waals surface area contributed by atoms with Crippen molar-refractivity contribution in [3.05, 3.63) is 103 Å². The van der Waals surface area contributed by atoms with Crippen molar-refractivity contribution in [2.24, 2.45) is 5.10 Å². The van der Waals surface area contributed by atoms with E-state index in [1.165, 1.54) is 28.9 Å². The molecule has 2 atom stereocenters. The van der Waals surface area contributed by atoms with Gasteiger partial charge in [-0.05, 0) is 30.7 Å². The van der Waals surface area contributed by atoms with Gasteiger partial charge in [-0.25, -0.2) is 9.99 Å². The van der Waals surface area contributed by atoms with Gasteiger partial charge in [-0.1, -0.05) is 65.3 Å². The van der Waals surface area contributed by atoms with Crippen molar-refractivity contribution in [1.82, 2.24) is 14.8 Å². The van der Waals surface area contributed by atoms with Crippen LogP contribution in [0.4, 0.5) is 17.1 Å². The molecule has 0 N–H and O–H groups in total. The Bertz CT molecular complexity index is 1600. The van der Waals surface area contributed by atoms with Crippen molar-refractivity contribution in [1.29, 1.82) is 0 Å². The number of hydrogen-bond acceptors (Lipinski definition) is 9. The highest BCUT2D eigenvalue weighted by Gasteiger charge is 2.48. The quantitative estimate of drug-likeness (QED) is 0.238. The average Bonchev–Trinajstić information content (AvgIpc) is 3.54. The molecule has 0 spiro atoms. The lowest BCUT2D eigenvalue weighted by Gasteiger charge is -2.26. The topological polar surface area (TPSA) is 133 Å². The fourth-order valence-electron chi connectivity index (χ4n) is 4.39. The molecule has 0 radical (unpaired) electrons. The number of nitro benzene ring substituents is 2. The number of nitro groups is 2. The van der Waals surface area contributed by atoms with Crippen molar-refractivity contribution in [2.75, 3.05) is 5.01 Å². The van der Waals surface area contributed by atoms with Crippen LogP contribution in [-0.4, -0.2) is 35.7 Å². The zero-order valence-corrected chi connectivity index (χ0v) is 20.6. The predicted molar refractivity (Wildman–Crippen MR) is 139 cm³/mol. The number of nitrogens with zero attached hydrogens (tertiary/aromatic N) is 7. The average molecular weight is 534 g/mol. The van der Waals surface area contributed by atoms with Gasteiger partial charge in [0.25, 0.3) is 5.69 Å². The Morgan fingerprint density at radius 3 is 2.38 bits per heavy atom. The van der Waals surface area contributed by atoms with Crippen LogP contribution in [-0.2, 0) is 0 Å². The summed E-state index contributed by atoms with van der Waals surface area (Å²) in [5.41, 5.74) is 2.15. The number of thioether (sulfide) groups is 1. The lowest BCUT2D eigenvalue weighted by molar-refractivity contribution is -0.393. The standard InChI is InChI=1S/C24H16ClN7O4S/c1-13-2-4-15(5-3-13)22-26-24-30(27-22)23-21(37-24)20(14-6-8-16(25)9-7-14)29(28-23)18-11-10-17(31(33)34)12-19(18)32(35)36/h2-12,20-21H,1H3/t20-,21-/m0/s1. The van der Waals surface area contributed by atoms with E-state index >= 15 is 0 Å². The second-order valence-corrected chi connectivity index (χ2v) is 10.1. The van der Waals surface area contributed by atoms with E-state index in [0.717, 1.165) is 22.8 Å². The van der Waals surface area contributed by atoms with Gasteiger partial charge < -0.3 is 0 Å². The maximum atomic E-state index is 11.9. The summed E-state index contributed by atoms with van der Waals surface area (Å²) >= 11 is 7.57. The summed E-state index contributed by atoms with van der Waals surface area (Å²) in [6, 6.07) is 18.1. The van der Waals surface area contributed by atoms with Gasteiger partial charge in [-0.3, -0.25) is 20.2 Å². The van der Waals surface area contributed by atoms with Crippen LogP contribution in [0.25, 0.3) is 11.4 Å². The number of hydrogen-bond donors (Lipinski definition) is 0. The van der Waals surface area contributed by atoms with Gasteiger partial charge in [0, 0.05) is 16.7 Å². The van der Waals surface area contributed by atoms with Gasteiger partial charge in [0.2, 0.25) is 0 Å². The zero-order valence-electron chi connectivity index (χ0n) is 19.1. The normalized spacial score (nSPS) is 17.9. The van der Waals surface area contributed by atoms with Crippen LogP contribution in [0, 0.1) is 27.2 Å². The molecule has 3 aromatic carbocycles. The lowest BCUT2D eigenvalue weighted by Crippen LogP contribution is -2.27. The molecule has 1 aromatic heterocycles. The van der Waals surface area contributed by atoms with E-state index in [9.17, 15) is 20.2 Å². The number of anilines is 1. The summed E-state index contributed by atoms with van der Waals surface area (Å²) in [4.78, 5) is 26.6. The van der Waals surface area contributed by atoms with Crippen molar-refractivity contribution >= 4 is 46.3 Å². The highest BCUT2D eigenvalue weighted by atomic mass is 35.5. The van der Waals surface area contributed by atoms with Crippen molar-refractivity contribution in [2.45, 2.75) is 23.4 Å². The number of hydrazone groups is 1. The number of fused-ring (bicyclic) bond motifs is 3. The highest BCUT2D eigenvalue weighted by Crippen LogP contribution is 2.49. The molecule has 13 heteroatoms. The molecule has 0 saturated heterocycles. The summed E-state index contributed by atoms with van der Waals surface area (Å²) in [5, 5.41) is 35.1. The van der Waals surface area contributed by atoms with Gasteiger partial charge >= 0.3 is 5.69 Å². The Morgan fingerprint density at radius 1 is 0.973 bits per heavy atom. The molecule has 2 aliphatic heterocycles. The number of non-ortho nitro benzene ring substituents is 1. The first kappa shape index (κ1) is 23.1. The largest absolute Gasteiger partial charge is 0.301 e. The maximum Gasteiger partial charge on any atom is 0.301 e. The van der Waals surface area contributed by atoms with E-state index < -0.39 is 21.6 Å². The number of benzene rings is 3. The van der Waals surface area contributed by atoms with Crippen LogP contribution in [0.1, 0.15) is 17.2 Å². The smallest absolute Gasteiger partial charge is 0.258 e. The second-order valence-electron chi connectivity index (χ2n) is 8.52. The summed E-state index contributed by atoms with van der Waals surface area (Å²) in [7, 11) is 0. The molecule has 0 bridgehead atoms. The van der Waals surface area contributed by atoms with Crippen LogP contribution in [0.3, 0.4) is 0 Å². The van der Waals surface area contributed by atoms with E-state index in [0.29, 0.717) is 21.8 Å². The van der Waals surface area contributed by atoms with Crippen LogP contribution < -0.4 is 5.01 Å². The minimum Gasteiger partial charge on any atom is -0.258 e. The first-order valence-corrected chi connectivity index (χ1v) is 12.3. The Balaban J connectivity index is 1.48. The Morgan fingerprint density at radius 2 is 1.70 bits per heavy atom. The number of rotatable bonds is 5. The minimum absolute atomic E-state index is 0.137. The lowest BCUT2D eigenvalue weighted by atomic mass is 10.0. The second kappa shape index (κ2) is 8.68. The molecule has 6 rings (SSSR count). The Labute approximate surface area is 218 Å². The minimum atomic E-state index is -0.664. The highest BCUT2D eigenvalue weighted by molar-refractivity contribution is 8.01. The molecule has 2 aliphatic rings. The van der Waals surface area contributed by atoms with E-state index in [2.05, 4.69) is 5.10 Å². The van der Waals surface area contributed by atoms with Gasteiger partial charge in [-0.2, -0.15) is 9.78 Å². The molecule has 3 heterocycles. The number of aryl methyl sites for hydroxylation is 1. The van der Waals surface area contributed by atoms with Crippen LogP contribution in [0.2, 0.25) is 5.02 Å². The molecule has 4 aromatic rings. The molecule has 37 heavy (non-hydrogen) atoms. The van der Waals surface area contributed by atoms with Crippen LogP contribution in [0.5, 0.6) is 0 Å². The van der Waals surface area contributed by atoms with Gasteiger partial charge in [-0.15, -0.1) is 5.10 Å². The fraction of sp³-hybridized carbons (Fsp3) is 0.125. The Hall–Kier alpha value is -4.29. The van der Waals surface area contributed by atoms with Crippen molar-refractivity contribution in [3.63, 3.8) is 0 Å². The third-order valence-corrected chi connectivity index (χ3v) is 7.63. The van der Waals surface area contributed by atoms with Crippen LogP contribution in [0.15, 0.2) is 77.0 Å². The molecular formula is C24H16ClN7O4S. The number of halogens is 1. The molecule has 0 amide bonds. The molecule has 0 unspecified atom stereocenters. The van der Waals surface area contributed by atoms with E-state index in [1.54, 1.807) is 16.8 Å². The fourth-order valence-corrected chi connectivity index (χ4v) is 5.77. The molecule has 0 fully saturated rings. The SMILES string of the molecule is Cc1ccc(-c2nc3n(n2)C2=NN(c4ccc([N+](=O)[O-])cc4[N+](=O)[O-])[C@@H](c4ccc(Cl)cc4)[C@@H]2S3)cc1. The molecule has 0 aliphatic carbocycles. The summed E-state index contributed by atoms with van der Waals surface area (Å²) in [6.45, 7) is 2.00. The number of aromatic nitrogens is 3. The first-order valence-electron chi connectivity index (χ1n) is 11.1. The molecule has 184 valence electrons. The van der Waals surface area contributed by atoms with Gasteiger partial charge in [0.05, 0.1) is 22.0 Å². The summed E-state index contributed by atoms with van der Waals surface area (Å²) < 4.78 is 1.66. The van der Waals surface area contributed by atoms with Crippen LogP contribution >= 0.6 is 23.4 Å². The molecule has 11 nitrogen and oxygen atoms in total.